The van der Waals surface area contributed by atoms with E-state index < -0.39 is 48.4 Å². The molecule has 1 heterocycles. The lowest BCUT2D eigenvalue weighted by Crippen LogP contribution is -2.43. The van der Waals surface area contributed by atoms with Gasteiger partial charge in [-0.3, -0.25) is 5.41 Å². The summed E-state index contributed by atoms with van der Waals surface area (Å²) in [5.41, 5.74) is -2.99. The molecule has 4 N–H and O–H groups in total. The van der Waals surface area contributed by atoms with E-state index in [9.17, 15) is 18.0 Å². The zero-order valence-electron chi connectivity index (χ0n) is 16.5. The number of dihydropyridines is 1. The summed E-state index contributed by atoms with van der Waals surface area (Å²) in [5.74, 6) is -1.12. The van der Waals surface area contributed by atoms with Gasteiger partial charge in [-0.2, -0.15) is 13.2 Å². The molecule has 0 amide bonds. The van der Waals surface area contributed by atoms with Crippen LogP contribution in [-0.2, 0) is 14.3 Å². The van der Waals surface area contributed by atoms with Gasteiger partial charge in [0.25, 0.3) is 0 Å². The first-order valence-corrected chi connectivity index (χ1v) is 8.96. The van der Waals surface area contributed by atoms with Gasteiger partial charge in [-0.25, -0.2) is 4.79 Å². The maximum atomic E-state index is 12.9. The van der Waals surface area contributed by atoms with Crippen molar-refractivity contribution >= 4 is 23.5 Å². The van der Waals surface area contributed by atoms with Crippen molar-refractivity contribution in [3.63, 3.8) is 0 Å². The molecule has 0 aromatic carbocycles. The Kier molecular flexibility index (Phi) is 8.16. The van der Waals surface area contributed by atoms with E-state index in [1.165, 1.54) is 12.3 Å². The van der Waals surface area contributed by atoms with Crippen LogP contribution in [0.1, 0.15) is 27.7 Å². The summed E-state index contributed by atoms with van der Waals surface area (Å²) < 4.78 is 48.6. The van der Waals surface area contributed by atoms with Crippen molar-refractivity contribution in [3.05, 3.63) is 35.2 Å². The predicted molar refractivity (Wildman–Crippen MR) is 102 cm³/mol. The Morgan fingerprint density at radius 2 is 2.00 bits per heavy atom. The summed E-state index contributed by atoms with van der Waals surface area (Å²) in [6.07, 6.45) is 0.218. The van der Waals surface area contributed by atoms with Crippen LogP contribution in [0.25, 0.3) is 0 Å². The summed E-state index contributed by atoms with van der Waals surface area (Å²) in [7, 11) is 0. The van der Waals surface area contributed by atoms with Gasteiger partial charge in [-0.1, -0.05) is 11.6 Å². The first-order chi connectivity index (χ1) is 13.2. The largest absolute Gasteiger partial charge is 0.477 e. The van der Waals surface area contributed by atoms with Gasteiger partial charge in [0.15, 0.2) is 0 Å². The summed E-state index contributed by atoms with van der Waals surface area (Å²) in [6, 6.07) is 0. The summed E-state index contributed by atoms with van der Waals surface area (Å²) in [5, 5.41) is 22.1. The SMILES string of the molecule is CC(C)(C)OC(=O)C1=C(Cl)NC(N/C=C\C(=N)OCC(C)(CO)C(F)(F)F)C=C1. The third kappa shape index (κ3) is 7.62. The average Bonchev–Trinajstić information content (AvgIpc) is 2.57. The molecule has 0 aliphatic carbocycles. The van der Waals surface area contributed by atoms with E-state index in [-0.39, 0.29) is 10.7 Å². The molecular formula is C18H25ClF3N3O4. The fraction of sp³-hybridized carbons (Fsp3) is 0.556. The lowest BCUT2D eigenvalue weighted by molar-refractivity contribution is -0.238. The molecule has 1 aliphatic rings. The number of hydrogen-bond acceptors (Lipinski definition) is 7. The highest BCUT2D eigenvalue weighted by Crippen LogP contribution is 2.37. The number of carbonyl (C=O) groups is 1. The van der Waals surface area contributed by atoms with Crippen LogP contribution < -0.4 is 10.6 Å². The highest BCUT2D eigenvalue weighted by Gasteiger charge is 2.51. The third-order valence-corrected chi connectivity index (χ3v) is 4.00. The van der Waals surface area contributed by atoms with E-state index in [0.717, 1.165) is 13.0 Å². The number of halogens is 4. The highest BCUT2D eigenvalue weighted by atomic mass is 35.5. The number of ether oxygens (including phenoxy) is 2. The number of carbonyl (C=O) groups excluding carboxylic acids is 1. The Balaban J connectivity index is 2.55. The molecule has 164 valence electrons. The Hall–Kier alpha value is -2.20. The normalized spacial score (nSPS) is 19.6. The number of nitrogens with one attached hydrogen (secondary N) is 3. The first-order valence-electron chi connectivity index (χ1n) is 8.58. The molecule has 2 atom stereocenters. The maximum absolute atomic E-state index is 12.9. The Bertz CT molecular complexity index is 714. The second-order valence-electron chi connectivity index (χ2n) is 7.58. The van der Waals surface area contributed by atoms with Gasteiger partial charge in [0.05, 0.1) is 12.2 Å². The topological polar surface area (TPSA) is 104 Å². The molecule has 7 nitrogen and oxygen atoms in total. The van der Waals surface area contributed by atoms with Gasteiger partial charge >= 0.3 is 12.1 Å². The van der Waals surface area contributed by atoms with Crippen LogP contribution in [0.15, 0.2) is 35.2 Å². The molecule has 1 aliphatic heterocycles. The van der Waals surface area contributed by atoms with Crippen LogP contribution in [0.3, 0.4) is 0 Å². The molecule has 0 spiro atoms. The van der Waals surface area contributed by atoms with Crippen molar-refractivity contribution in [2.45, 2.75) is 45.6 Å². The van der Waals surface area contributed by atoms with Gasteiger partial charge in [-0.15, -0.1) is 0 Å². The molecule has 0 bridgehead atoms. The summed E-state index contributed by atoms with van der Waals surface area (Å²) in [4.78, 5) is 12.0. The van der Waals surface area contributed by atoms with Gasteiger partial charge in [0.1, 0.15) is 28.9 Å². The third-order valence-electron chi connectivity index (χ3n) is 3.68. The van der Waals surface area contributed by atoms with E-state index in [0.29, 0.717) is 0 Å². The number of aliphatic hydroxyl groups excluding tert-OH is 1. The zero-order chi connectivity index (χ0) is 22.5. The molecule has 0 radical (unpaired) electrons. The molecule has 2 unspecified atom stereocenters. The molecule has 0 aromatic rings. The van der Waals surface area contributed by atoms with Gasteiger partial charge < -0.3 is 25.2 Å². The zero-order valence-corrected chi connectivity index (χ0v) is 17.2. The minimum absolute atomic E-state index is 0.0582. The van der Waals surface area contributed by atoms with Gasteiger partial charge in [0.2, 0.25) is 5.90 Å². The molecule has 11 heteroatoms. The number of aliphatic hydroxyl groups is 1. The number of hydrogen-bond donors (Lipinski definition) is 4. The van der Waals surface area contributed by atoms with Crippen molar-refractivity contribution in [1.82, 2.24) is 10.6 Å². The van der Waals surface area contributed by atoms with Crippen molar-refractivity contribution in [2.75, 3.05) is 13.2 Å². The molecule has 0 fully saturated rings. The van der Waals surface area contributed by atoms with Crippen LogP contribution in [0.4, 0.5) is 13.2 Å². The average molecular weight is 440 g/mol. The monoisotopic (exact) mass is 439 g/mol. The Morgan fingerprint density at radius 3 is 2.48 bits per heavy atom. The smallest absolute Gasteiger partial charge is 0.399 e. The fourth-order valence-electron chi connectivity index (χ4n) is 1.85. The minimum Gasteiger partial charge on any atom is -0.477 e. The summed E-state index contributed by atoms with van der Waals surface area (Å²) >= 11 is 6.06. The van der Waals surface area contributed by atoms with Crippen molar-refractivity contribution in [1.29, 1.82) is 5.41 Å². The lowest BCUT2D eigenvalue weighted by atomic mass is 9.92. The Labute approximate surface area is 172 Å². The van der Waals surface area contributed by atoms with Gasteiger partial charge in [0, 0.05) is 12.3 Å². The molecular weight excluding hydrogens is 415 g/mol. The van der Waals surface area contributed by atoms with Crippen LogP contribution in [0.5, 0.6) is 0 Å². The highest BCUT2D eigenvalue weighted by molar-refractivity contribution is 6.31. The predicted octanol–water partition coefficient (Wildman–Crippen LogP) is 2.92. The number of alkyl halides is 3. The quantitative estimate of drug-likeness (QED) is 0.210. The van der Waals surface area contributed by atoms with Crippen LogP contribution in [-0.4, -0.2) is 48.1 Å². The standard InChI is InChI=1S/C18H25ClF3N3O4/c1-16(2,3)29-15(27)11-5-6-13(25-14(11)19)24-8-7-12(23)28-10-17(4,9-26)18(20,21)22/h5-8,13,23-26H,9-10H2,1-4H3/b8-7-,23-12?. The minimum atomic E-state index is -4.67. The lowest BCUT2D eigenvalue weighted by Gasteiger charge is -2.29. The number of esters is 1. The van der Waals surface area contributed by atoms with E-state index >= 15 is 0 Å². The second-order valence-corrected chi connectivity index (χ2v) is 7.96. The maximum Gasteiger partial charge on any atom is 0.399 e. The van der Waals surface area contributed by atoms with Crippen LogP contribution >= 0.6 is 11.6 Å². The van der Waals surface area contributed by atoms with E-state index in [1.807, 2.05) is 0 Å². The Morgan fingerprint density at radius 1 is 1.38 bits per heavy atom. The van der Waals surface area contributed by atoms with E-state index in [2.05, 4.69) is 10.6 Å². The van der Waals surface area contributed by atoms with Crippen LogP contribution in [0.2, 0.25) is 0 Å². The fourth-order valence-corrected chi connectivity index (χ4v) is 2.10. The molecule has 0 aromatic heterocycles. The van der Waals surface area contributed by atoms with E-state index in [1.54, 1.807) is 26.8 Å². The molecule has 0 saturated heterocycles. The van der Waals surface area contributed by atoms with Crippen molar-refractivity contribution in [3.8, 4) is 0 Å². The number of rotatable bonds is 7. The first kappa shape index (κ1) is 24.8. The van der Waals surface area contributed by atoms with Gasteiger partial charge in [-0.05, 0) is 39.8 Å². The summed E-state index contributed by atoms with van der Waals surface area (Å²) in [6.45, 7) is 3.92. The molecule has 0 saturated carbocycles. The second kappa shape index (κ2) is 9.53. The van der Waals surface area contributed by atoms with Crippen LogP contribution in [0, 0.1) is 10.8 Å². The van der Waals surface area contributed by atoms with E-state index in [4.69, 9.17) is 31.6 Å². The van der Waals surface area contributed by atoms with Crippen molar-refractivity contribution < 1.29 is 32.5 Å². The molecule has 29 heavy (non-hydrogen) atoms. The van der Waals surface area contributed by atoms with Crippen molar-refractivity contribution in [2.24, 2.45) is 5.41 Å². The molecule has 1 rings (SSSR count).